The standard InChI is InChI=1S/C14H17F2N3/c1-14(2,3)8-4-5-10-9(6-8)11(19-17)7-12(18-10)13(15)16/h4-7,13H,17H2,1-3H3,(H,18,19). The molecule has 0 atom stereocenters. The van der Waals surface area contributed by atoms with E-state index in [4.69, 9.17) is 5.84 Å². The second-order valence-corrected chi connectivity index (χ2v) is 5.52. The third kappa shape index (κ3) is 2.66. The Kier molecular flexibility index (Phi) is 3.41. The number of nitrogens with two attached hydrogens (primary N) is 1. The molecule has 0 radical (unpaired) electrons. The highest BCUT2D eigenvalue weighted by molar-refractivity contribution is 5.92. The molecule has 1 aromatic carbocycles. The van der Waals surface area contributed by atoms with Crippen LogP contribution >= 0.6 is 0 Å². The molecule has 0 aliphatic carbocycles. The lowest BCUT2D eigenvalue weighted by Gasteiger charge is -2.20. The van der Waals surface area contributed by atoms with Crippen LogP contribution in [0.5, 0.6) is 0 Å². The van der Waals surface area contributed by atoms with Crippen molar-refractivity contribution >= 4 is 16.6 Å². The van der Waals surface area contributed by atoms with Crippen LogP contribution in [0.15, 0.2) is 24.3 Å². The average molecular weight is 265 g/mol. The molecule has 0 aliphatic rings. The van der Waals surface area contributed by atoms with E-state index in [1.54, 1.807) is 6.07 Å². The van der Waals surface area contributed by atoms with E-state index in [0.717, 1.165) is 10.9 Å². The van der Waals surface area contributed by atoms with Crippen LogP contribution in [0.4, 0.5) is 14.5 Å². The van der Waals surface area contributed by atoms with Crippen molar-refractivity contribution in [2.45, 2.75) is 32.6 Å². The van der Waals surface area contributed by atoms with Crippen LogP contribution in [0.3, 0.4) is 0 Å². The molecule has 0 saturated heterocycles. The van der Waals surface area contributed by atoms with Gasteiger partial charge in [-0.05, 0) is 29.2 Å². The number of pyridine rings is 1. The fourth-order valence-corrected chi connectivity index (χ4v) is 1.94. The Hall–Kier alpha value is -1.75. The lowest BCUT2D eigenvalue weighted by molar-refractivity contribution is 0.146. The van der Waals surface area contributed by atoms with Gasteiger partial charge in [0.1, 0.15) is 5.69 Å². The van der Waals surface area contributed by atoms with Crippen LogP contribution in [0.2, 0.25) is 0 Å². The molecule has 3 N–H and O–H groups in total. The fraction of sp³-hybridized carbons (Fsp3) is 0.357. The largest absolute Gasteiger partial charge is 0.323 e. The summed E-state index contributed by atoms with van der Waals surface area (Å²) < 4.78 is 25.5. The lowest BCUT2D eigenvalue weighted by atomic mass is 9.86. The summed E-state index contributed by atoms with van der Waals surface area (Å²) in [5.74, 6) is 5.42. The molecule has 1 aromatic heterocycles. The number of alkyl halides is 2. The quantitative estimate of drug-likeness (QED) is 0.642. The molecular weight excluding hydrogens is 248 g/mol. The van der Waals surface area contributed by atoms with Gasteiger partial charge in [-0.3, -0.25) is 5.84 Å². The molecule has 2 aromatic rings. The summed E-state index contributed by atoms with van der Waals surface area (Å²) in [6.07, 6.45) is -2.61. The van der Waals surface area contributed by atoms with E-state index in [1.165, 1.54) is 6.07 Å². The molecule has 102 valence electrons. The van der Waals surface area contributed by atoms with Gasteiger partial charge < -0.3 is 5.43 Å². The number of halogens is 2. The van der Waals surface area contributed by atoms with E-state index in [9.17, 15) is 8.78 Å². The van der Waals surface area contributed by atoms with Gasteiger partial charge in [0.05, 0.1) is 11.2 Å². The van der Waals surface area contributed by atoms with Gasteiger partial charge in [-0.25, -0.2) is 13.8 Å². The molecule has 0 unspecified atom stereocenters. The van der Waals surface area contributed by atoms with Crippen LogP contribution in [-0.4, -0.2) is 4.98 Å². The highest BCUT2D eigenvalue weighted by atomic mass is 19.3. The van der Waals surface area contributed by atoms with Crippen LogP contribution in [0, 0.1) is 0 Å². The van der Waals surface area contributed by atoms with E-state index >= 15 is 0 Å². The summed E-state index contributed by atoms with van der Waals surface area (Å²) in [6.45, 7) is 6.26. The zero-order valence-electron chi connectivity index (χ0n) is 11.2. The second-order valence-electron chi connectivity index (χ2n) is 5.52. The zero-order chi connectivity index (χ0) is 14.2. The number of nitrogen functional groups attached to an aromatic ring is 1. The van der Waals surface area contributed by atoms with Crippen molar-refractivity contribution in [3.05, 3.63) is 35.5 Å². The maximum Gasteiger partial charge on any atom is 0.280 e. The summed E-state index contributed by atoms with van der Waals surface area (Å²) in [5.41, 5.74) is 4.25. The number of nitrogens with zero attached hydrogens (tertiary/aromatic N) is 1. The van der Waals surface area contributed by atoms with Crippen molar-refractivity contribution in [1.82, 2.24) is 4.98 Å². The van der Waals surface area contributed by atoms with Crippen molar-refractivity contribution in [3.8, 4) is 0 Å². The molecule has 0 aliphatic heterocycles. The Balaban J connectivity index is 2.69. The molecule has 0 fully saturated rings. The van der Waals surface area contributed by atoms with Crippen molar-refractivity contribution in [3.63, 3.8) is 0 Å². The zero-order valence-corrected chi connectivity index (χ0v) is 11.2. The molecular formula is C14H17F2N3. The molecule has 19 heavy (non-hydrogen) atoms. The summed E-state index contributed by atoms with van der Waals surface area (Å²) in [4.78, 5) is 3.96. The van der Waals surface area contributed by atoms with Crippen LogP contribution in [0.1, 0.15) is 38.5 Å². The van der Waals surface area contributed by atoms with Gasteiger partial charge in [-0.1, -0.05) is 26.8 Å². The number of nitrogens with one attached hydrogen (secondary N) is 1. The molecule has 5 heteroatoms. The first-order chi connectivity index (χ1) is 8.82. The highest BCUT2D eigenvalue weighted by Crippen LogP contribution is 2.31. The first-order valence-corrected chi connectivity index (χ1v) is 6.03. The Morgan fingerprint density at radius 2 is 1.89 bits per heavy atom. The minimum atomic E-state index is -2.61. The first kappa shape index (κ1) is 13.7. The normalized spacial score (nSPS) is 12.2. The Morgan fingerprint density at radius 3 is 2.42 bits per heavy atom. The summed E-state index contributed by atoms with van der Waals surface area (Å²) in [6, 6.07) is 6.89. The Morgan fingerprint density at radius 1 is 1.21 bits per heavy atom. The third-order valence-electron chi connectivity index (χ3n) is 3.07. The smallest absolute Gasteiger partial charge is 0.280 e. The Bertz CT molecular complexity index is 603. The number of aromatic nitrogens is 1. The van der Waals surface area contributed by atoms with Gasteiger partial charge in [0.25, 0.3) is 6.43 Å². The molecule has 1 heterocycles. The summed E-state index contributed by atoms with van der Waals surface area (Å²) in [7, 11) is 0. The van der Waals surface area contributed by atoms with E-state index in [1.807, 2.05) is 12.1 Å². The second kappa shape index (κ2) is 4.74. The topological polar surface area (TPSA) is 50.9 Å². The van der Waals surface area contributed by atoms with Crippen molar-refractivity contribution in [2.75, 3.05) is 5.43 Å². The van der Waals surface area contributed by atoms with Gasteiger partial charge in [0.15, 0.2) is 0 Å². The van der Waals surface area contributed by atoms with Crippen LogP contribution in [-0.2, 0) is 5.41 Å². The van der Waals surface area contributed by atoms with Crippen molar-refractivity contribution in [1.29, 1.82) is 0 Å². The number of hydrogen-bond donors (Lipinski definition) is 2. The van der Waals surface area contributed by atoms with Gasteiger partial charge in [-0.15, -0.1) is 0 Å². The fourth-order valence-electron chi connectivity index (χ4n) is 1.94. The Labute approximate surface area is 110 Å². The monoisotopic (exact) mass is 265 g/mol. The highest BCUT2D eigenvalue weighted by Gasteiger charge is 2.17. The maximum absolute atomic E-state index is 12.7. The van der Waals surface area contributed by atoms with Gasteiger partial charge in [0.2, 0.25) is 0 Å². The lowest BCUT2D eigenvalue weighted by Crippen LogP contribution is -2.12. The summed E-state index contributed by atoms with van der Waals surface area (Å²) >= 11 is 0. The molecule has 0 spiro atoms. The number of fused-ring (bicyclic) bond motifs is 1. The minimum Gasteiger partial charge on any atom is -0.323 e. The minimum absolute atomic E-state index is 0.0263. The van der Waals surface area contributed by atoms with Gasteiger partial charge in [-0.2, -0.15) is 0 Å². The van der Waals surface area contributed by atoms with Gasteiger partial charge >= 0.3 is 0 Å². The van der Waals surface area contributed by atoms with E-state index in [0.29, 0.717) is 11.2 Å². The van der Waals surface area contributed by atoms with Crippen LogP contribution in [0.25, 0.3) is 10.9 Å². The van der Waals surface area contributed by atoms with E-state index in [-0.39, 0.29) is 11.1 Å². The number of hydrogen-bond acceptors (Lipinski definition) is 3. The first-order valence-electron chi connectivity index (χ1n) is 6.03. The number of hydrazine groups is 1. The van der Waals surface area contributed by atoms with Crippen LogP contribution < -0.4 is 11.3 Å². The molecule has 0 saturated carbocycles. The summed E-state index contributed by atoms with van der Waals surface area (Å²) in [5, 5.41) is 0.749. The van der Waals surface area contributed by atoms with E-state index < -0.39 is 6.43 Å². The number of rotatable bonds is 2. The predicted octanol–water partition coefficient (Wildman–Crippen LogP) is 3.76. The number of anilines is 1. The maximum atomic E-state index is 12.7. The molecule has 0 amide bonds. The van der Waals surface area contributed by atoms with Crippen molar-refractivity contribution in [2.24, 2.45) is 5.84 Å². The molecule has 2 rings (SSSR count). The average Bonchev–Trinajstić information content (AvgIpc) is 2.35. The number of benzene rings is 1. The molecule has 3 nitrogen and oxygen atoms in total. The third-order valence-corrected chi connectivity index (χ3v) is 3.07. The SMILES string of the molecule is CC(C)(C)c1ccc2nc(C(F)F)cc(NN)c2c1. The molecule has 0 bridgehead atoms. The van der Waals surface area contributed by atoms with Gasteiger partial charge in [0, 0.05) is 5.39 Å². The van der Waals surface area contributed by atoms with E-state index in [2.05, 4.69) is 31.2 Å². The van der Waals surface area contributed by atoms with Crippen molar-refractivity contribution < 1.29 is 8.78 Å². The predicted molar refractivity (Wildman–Crippen MR) is 73.2 cm³/mol.